The van der Waals surface area contributed by atoms with Crippen molar-refractivity contribution in [3.63, 3.8) is 0 Å². The van der Waals surface area contributed by atoms with Crippen molar-refractivity contribution in [3.8, 4) is 5.75 Å². The molecule has 0 fully saturated rings. The van der Waals surface area contributed by atoms with Gasteiger partial charge in [-0.15, -0.1) is 11.3 Å². The lowest BCUT2D eigenvalue weighted by Crippen LogP contribution is -2.21. The zero-order chi connectivity index (χ0) is 15.6. The molecular weight excluding hydrogens is 314 g/mol. The Labute approximate surface area is 130 Å². The van der Waals surface area contributed by atoms with Gasteiger partial charge < -0.3 is 14.6 Å². The highest BCUT2D eigenvalue weighted by atomic mass is 35.5. The van der Waals surface area contributed by atoms with E-state index in [9.17, 15) is 14.7 Å². The summed E-state index contributed by atoms with van der Waals surface area (Å²) in [5.41, 5.74) is 1.11. The molecule has 5 nitrogen and oxygen atoms in total. The van der Waals surface area contributed by atoms with E-state index >= 15 is 0 Å². The highest BCUT2D eigenvalue weighted by Gasteiger charge is 2.15. The minimum atomic E-state index is -1.33. The average Bonchev–Trinajstić information content (AvgIpc) is 2.82. The number of carbonyl (C=O) groups is 2. The lowest BCUT2D eigenvalue weighted by Gasteiger charge is -2.06. The molecule has 2 aromatic rings. The van der Waals surface area contributed by atoms with Crippen molar-refractivity contribution in [2.45, 2.75) is 13.8 Å². The van der Waals surface area contributed by atoms with Gasteiger partial charge in [-0.25, -0.2) is 4.98 Å². The molecule has 7 heteroatoms. The van der Waals surface area contributed by atoms with Gasteiger partial charge in [-0.1, -0.05) is 11.6 Å². The lowest BCUT2D eigenvalue weighted by molar-refractivity contribution is -0.254. The van der Waals surface area contributed by atoms with Gasteiger partial charge in [0.2, 0.25) is 5.78 Å². The Morgan fingerprint density at radius 3 is 2.67 bits per heavy atom. The maximum atomic E-state index is 11.9. The molecule has 1 aromatic carbocycles. The SMILES string of the molecule is Cc1cc(OCC(=O)c2nc(C)c(C(=O)[O-])s2)ccc1Cl. The van der Waals surface area contributed by atoms with Crippen LogP contribution in [0.5, 0.6) is 5.75 Å². The van der Waals surface area contributed by atoms with Gasteiger partial charge in [-0.3, -0.25) is 4.79 Å². The molecule has 0 aliphatic heterocycles. The van der Waals surface area contributed by atoms with E-state index in [-0.39, 0.29) is 28.0 Å². The smallest absolute Gasteiger partial charge is 0.228 e. The number of aromatic carboxylic acids is 1. The number of rotatable bonds is 5. The Balaban J connectivity index is 2.06. The molecule has 21 heavy (non-hydrogen) atoms. The third-order valence-electron chi connectivity index (χ3n) is 2.72. The molecule has 110 valence electrons. The summed E-state index contributed by atoms with van der Waals surface area (Å²) in [6, 6.07) is 5.05. The molecule has 1 aromatic heterocycles. The number of carbonyl (C=O) groups excluding carboxylic acids is 2. The van der Waals surface area contributed by atoms with Gasteiger partial charge in [-0.05, 0) is 37.6 Å². The van der Waals surface area contributed by atoms with E-state index in [4.69, 9.17) is 16.3 Å². The Kier molecular flexibility index (Phi) is 4.59. The van der Waals surface area contributed by atoms with Gasteiger partial charge in [0.1, 0.15) is 5.75 Å². The first-order valence-electron chi connectivity index (χ1n) is 5.99. The molecule has 0 N–H and O–H groups in total. The second-order valence-corrected chi connectivity index (χ2v) is 5.75. The zero-order valence-electron chi connectivity index (χ0n) is 11.3. The van der Waals surface area contributed by atoms with Gasteiger partial charge in [0.05, 0.1) is 16.5 Å². The summed E-state index contributed by atoms with van der Waals surface area (Å²) >= 11 is 6.69. The Hall–Kier alpha value is -1.92. The number of benzene rings is 1. The van der Waals surface area contributed by atoms with Crippen LogP contribution in [0.2, 0.25) is 5.02 Å². The van der Waals surface area contributed by atoms with E-state index in [1.165, 1.54) is 6.92 Å². The Morgan fingerprint density at radius 2 is 2.10 bits per heavy atom. The summed E-state index contributed by atoms with van der Waals surface area (Å²) in [4.78, 5) is 26.6. The number of carboxylic acid groups (broad SMARTS) is 1. The van der Waals surface area contributed by atoms with Crippen molar-refractivity contribution in [1.29, 1.82) is 0 Å². The molecule has 0 amide bonds. The number of thiazole rings is 1. The molecule has 1 heterocycles. The first kappa shape index (κ1) is 15.5. The van der Waals surface area contributed by atoms with Gasteiger partial charge >= 0.3 is 0 Å². The van der Waals surface area contributed by atoms with Crippen LogP contribution in [0.1, 0.15) is 30.7 Å². The number of aromatic nitrogens is 1. The fraction of sp³-hybridized carbons (Fsp3) is 0.214. The van der Waals surface area contributed by atoms with E-state index < -0.39 is 5.97 Å². The molecule has 2 rings (SSSR count). The van der Waals surface area contributed by atoms with Gasteiger partial charge in [0, 0.05) is 5.02 Å². The lowest BCUT2D eigenvalue weighted by atomic mass is 10.2. The van der Waals surface area contributed by atoms with Crippen LogP contribution in [0.4, 0.5) is 0 Å². The topological polar surface area (TPSA) is 79.3 Å². The molecule has 0 bridgehead atoms. The third kappa shape index (κ3) is 3.59. The molecule has 0 aliphatic carbocycles. The summed E-state index contributed by atoms with van der Waals surface area (Å²) in [6.07, 6.45) is 0. The van der Waals surface area contributed by atoms with Crippen molar-refractivity contribution in [1.82, 2.24) is 4.98 Å². The fourth-order valence-electron chi connectivity index (χ4n) is 1.62. The normalized spacial score (nSPS) is 10.4. The van der Waals surface area contributed by atoms with Crippen LogP contribution in [-0.2, 0) is 0 Å². The summed E-state index contributed by atoms with van der Waals surface area (Å²) < 4.78 is 5.36. The molecule has 0 atom stereocenters. The maximum Gasteiger partial charge on any atom is 0.228 e. The number of carboxylic acids is 1. The van der Waals surface area contributed by atoms with Crippen molar-refractivity contribution in [3.05, 3.63) is 44.4 Å². The molecule has 0 unspecified atom stereocenters. The van der Waals surface area contributed by atoms with Crippen LogP contribution < -0.4 is 9.84 Å². The van der Waals surface area contributed by atoms with Crippen molar-refractivity contribution >= 4 is 34.7 Å². The second-order valence-electron chi connectivity index (χ2n) is 4.34. The monoisotopic (exact) mass is 324 g/mol. The fourth-order valence-corrected chi connectivity index (χ4v) is 2.57. The molecule has 0 radical (unpaired) electrons. The van der Waals surface area contributed by atoms with Gasteiger partial charge in [-0.2, -0.15) is 0 Å². The molecular formula is C14H11ClNO4S-. The highest BCUT2D eigenvalue weighted by Crippen LogP contribution is 2.22. The number of Topliss-reactive ketones (excluding diaryl/α,β-unsaturated/α-hetero) is 1. The van der Waals surface area contributed by atoms with E-state index in [1.54, 1.807) is 18.2 Å². The largest absolute Gasteiger partial charge is 0.544 e. The number of halogens is 1. The molecule has 0 spiro atoms. The van der Waals surface area contributed by atoms with Crippen molar-refractivity contribution in [2.24, 2.45) is 0 Å². The summed E-state index contributed by atoms with van der Waals surface area (Å²) in [5.74, 6) is -1.21. The number of ether oxygens (including phenoxy) is 1. The predicted molar refractivity (Wildman–Crippen MR) is 77.2 cm³/mol. The number of hydrogen-bond acceptors (Lipinski definition) is 6. The average molecular weight is 325 g/mol. The molecule has 0 saturated heterocycles. The van der Waals surface area contributed by atoms with Crippen LogP contribution in [0.25, 0.3) is 0 Å². The van der Waals surface area contributed by atoms with E-state index in [0.717, 1.165) is 16.9 Å². The highest BCUT2D eigenvalue weighted by molar-refractivity contribution is 7.15. The third-order valence-corrected chi connectivity index (χ3v) is 4.32. The van der Waals surface area contributed by atoms with Crippen LogP contribution in [0.3, 0.4) is 0 Å². The van der Waals surface area contributed by atoms with Crippen LogP contribution in [-0.4, -0.2) is 23.3 Å². The van der Waals surface area contributed by atoms with Crippen LogP contribution in [0, 0.1) is 13.8 Å². The summed E-state index contributed by atoms with van der Waals surface area (Å²) in [5, 5.41) is 11.5. The van der Waals surface area contributed by atoms with Gasteiger partial charge in [0.25, 0.3) is 0 Å². The van der Waals surface area contributed by atoms with Gasteiger partial charge in [0.15, 0.2) is 11.6 Å². The standard InChI is InChI=1S/C14H12ClNO4S/c1-7-5-9(3-4-10(7)15)20-6-11(17)13-16-8(2)12(21-13)14(18)19/h3-5H,6H2,1-2H3,(H,18,19)/p-1. The molecule has 0 saturated carbocycles. The van der Waals surface area contributed by atoms with E-state index in [2.05, 4.69) is 4.98 Å². The zero-order valence-corrected chi connectivity index (χ0v) is 12.9. The number of nitrogens with zero attached hydrogens (tertiary/aromatic N) is 1. The summed E-state index contributed by atoms with van der Waals surface area (Å²) in [7, 11) is 0. The summed E-state index contributed by atoms with van der Waals surface area (Å²) in [6.45, 7) is 3.12. The van der Waals surface area contributed by atoms with E-state index in [1.807, 2.05) is 6.92 Å². The molecule has 0 aliphatic rings. The van der Waals surface area contributed by atoms with E-state index in [0.29, 0.717) is 10.8 Å². The quantitative estimate of drug-likeness (QED) is 0.786. The van der Waals surface area contributed by atoms with Crippen molar-refractivity contribution < 1.29 is 19.4 Å². The Morgan fingerprint density at radius 1 is 1.38 bits per heavy atom. The first-order chi connectivity index (χ1) is 9.88. The number of hydrogen-bond donors (Lipinski definition) is 0. The Bertz CT molecular complexity index is 711. The first-order valence-corrected chi connectivity index (χ1v) is 7.19. The van der Waals surface area contributed by atoms with Crippen LogP contribution >= 0.6 is 22.9 Å². The minimum Gasteiger partial charge on any atom is -0.544 e. The number of ketones is 1. The second kappa shape index (κ2) is 6.24. The maximum absolute atomic E-state index is 11.9. The van der Waals surface area contributed by atoms with Crippen LogP contribution in [0.15, 0.2) is 18.2 Å². The minimum absolute atomic E-state index is 0.0410. The van der Waals surface area contributed by atoms with Crippen molar-refractivity contribution in [2.75, 3.05) is 6.61 Å². The number of aryl methyl sites for hydroxylation is 2. The predicted octanol–water partition coefficient (Wildman–Crippen LogP) is 2.04.